The molecule has 0 aliphatic carbocycles. The van der Waals surface area contributed by atoms with Crippen molar-refractivity contribution in [2.24, 2.45) is 5.92 Å². The molecule has 0 radical (unpaired) electrons. The highest BCUT2D eigenvalue weighted by atomic mass is 16.5. The molecule has 176 valence electrons. The standard InChI is InChI=1S/C29H32N2O3/c1-21(2)29(33)31(27-8-6-7-22(19-27)11-18-28(32)34-5)20-23-9-12-24(13-10-23)25-14-16-26(17-15-25)30(3)4/h6-19,21H,20H2,1-5H3/b18-11+. The van der Waals surface area contributed by atoms with Gasteiger partial charge in [0.25, 0.3) is 0 Å². The molecule has 0 heterocycles. The van der Waals surface area contributed by atoms with Crippen molar-refractivity contribution in [3.63, 3.8) is 0 Å². The minimum absolute atomic E-state index is 0.0393. The molecular formula is C29H32N2O3. The average molecular weight is 457 g/mol. The minimum Gasteiger partial charge on any atom is -0.466 e. The summed E-state index contributed by atoms with van der Waals surface area (Å²) < 4.78 is 4.66. The van der Waals surface area contributed by atoms with E-state index in [4.69, 9.17) is 0 Å². The predicted molar refractivity (Wildman–Crippen MR) is 140 cm³/mol. The second-order valence-corrected chi connectivity index (χ2v) is 8.67. The molecule has 0 aromatic heterocycles. The zero-order chi connectivity index (χ0) is 24.7. The third-order valence-corrected chi connectivity index (χ3v) is 5.57. The van der Waals surface area contributed by atoms with Crippen molar-refractivity contribution in [2.75, 3.05) is 31.0 Å². The maximum absolute atomic E-state index is 13.1. The van der Waals surface area contributed by atoms with Crippen LogP contribution >= 0.6 is 0 Å². The van der Waals surface area contributed by atoms with Crippen LogP contribution in [-0.4, -0.2) is 33.1 Å². The minimum atomic E-state index is -0.419. The third kappa shape index (κ3) is 6.35. The van der Waals surface area contributed by atoms with Gasteiger partial charge >= 0.3 is 5.97 Å². The molecule has 0 aliphatic rings. The van der Waals surface area contributed by atoms with Crippen molar-refractivity contribution in [1.82, 2.24) is 0 Å². The highest BCUT2D eigenvalue weighted by Crippen LogP contribution is 2.25. The smallest absolute Gasteiger partial charge is 0.330 e. The maximum atomic E-state index is 13.1. The largest absolute Gasteiger partial charge is 0.466 e. The lowest BCUT2D eigenvalue weighted by Gasteiger charge is -2.25. The van der Waals surface area contributed by atoms with Gasteiger partial charge in [0.2, 0.25) is 5.91 Å². The Morgan fingerprint density at radius 1 is 0.882 bits per heavy atom. The zero-order valence-corrected chi connectivity index (χ0v) is 20.5. The Kier molecular flexibility index (Phi) is 8.25. The van der Waals surface area contributed by atoms with E-state index in [9.17, 15) is 9.59 Å². The number of hydrogen-bond acceptors (Lipinski definition) is 4. The van der Waals surface area contributed by atoms with E-state index in [2.05, 4.69) is 58.2 Å². The summed E-state index contributed by atoms with van der Waals surface area (Å²) >= 11 is 0. The lowest BCUT2D eigenvalue weighted by atomic mass is 10.0. The number of ether oxygens (including phenoxy) is 1. The van der Waals surface area contributed by atoms with Gasteiger partial charge in [0, 0.05) is 37.5 Å². The lowest BCUT2D eigenvalue weighted by Crippen LogP contribution is -2.33. The lowest BCUT2D eigenvalue weighted by molar-refractivity contribution is -0.134. The van der Waals surface area contributed by atoms with Crippen molar-refractivity contribution in [2.45, 2.75) is 20.4 Å². The third-order valence-electron chi connectivity index (χ3n) is 5.57. The summed E-state index contributed by atoms with van der Waals surface area (Å²) in [5.74, 6) is -0.529. The summed E-state index contributed by atoms with van der Waals surface area (Å²) in [5, 5.41) is 0. The monoisotopic (exact) mass is 456 g/mol. The molecule has 3 aromatic carbocycles. The normalized spacial score (nSPS) is 11.0. The number of carbonyl (C=O) groups excluding carboxylic acids is 2. The van der Waals surface area contributed by atoms with E-state index < -0.39 is 5.97 Å². The van der Waals surface area contributed by atoms with Gasteiger partial charge in [-0.3, -0.25) is 4.79 Å². The molecule has 5 nitrogen and oxygen atoms in total. The van der Waals surface area contributed by atoms with E-state index in [1.807, 2.05) is 52.2 Å². The Bertz CT molecular complexity index is 1150. The molecule has 0 saturated heterocycles. The number of rotatable bonds is 8. The summed E-state index contributed by atoms with van der Waals surface area (Å²) in [7, 11) is 5.40. The zero-order valence-electron chi connectivity index (χ0n) is 20.5. The number of esters is 1. The van der Waals surface area contributed by atoms with Crippen LogP contribution < -0.4 is 9.80 Å². The summed E-state index contributed by atoms with van der Waals surface area (Å²) in [6.45, 7) is 4.26. The fourth-order valence-electron chi connectivity index (χ4n) is 3.57. The van der Waals surface area contributed by atoms with Gasteiger partial charge in [0.15, 0.2) is 0 Å². The van der Waals surface area contributed by atoms with Gasteiger partial charge in [-0.05, 0) is 52.6 Å². The molecule has 34 heavy (non-hydrogen) atoms. The molecule has 0 N–H and O–H groups in total. The number of hydrogen-bond donors (Lipinski definition) is 0. The quantitative estimate of drug-likeness (QED) is 0.318. The fraction of sp³-hybridized carbons (Fsp3) is 0.241. The van der Waals surface area contributed by atoms with Gasteiger partial charge < -0.3 is 14.5 Å². The van der Waals surface area contributed by atoms with E-state index in [0.29, 0.717) is 6.54 Å². The molecule has 0 atom stereocenters. The Labute approximate surface area is 202 Å². The highest BCUT2D eigenvalue weighted by Gasteiger charge is 2.19. The number of anilines is 2. The van der Waals surface area contributed by atoms with Crippen LogP contribution in [0, 0.1) is 5.92 Å². The molecule has 0 bridgehead atoms. The number of benzene rings is 3. The Balaban J connectivity index is 1.84. The van der Waals surface area contributed by atoms with E-state index in [1.54, 1.807) is 11.0 Å². The van der Waals surface area contributed by atoms with Crippen LogP contribution in [0.2, 0.25) is 0 Å². The van der Waals surface area contributed by atoms with Crippen molar-refractivity contribution in [3.05, 3.63) is 90.0 Å². The van der Waals surface area contributed by atoms with Crippen LogP contribution in [0.5, 0.6) is 0 Å². The molecule has 0 fully saturated rings. The van der Waals surface area contributed by atoms with Crippen LogP contribution in [0.4, 0.5) is 11.4 Å². The van der Waals surface area contributed by atoms with Crippen LogP contribution in [0.15, 0.2) is 78.9 Å². The molecule has 0 saturated carbocycles. The predicted octanol–water partition coefficient (Wildman–Crippen LogP) is 5.80. The molecule has 3 rings (SSSR count). The van der Waals surface area contributed by atoms with Crippen molar-refractivity contribution in [3.8, 4) is 11.1 Å². The SMILES string of the molecule is COC(=O)/C=C/c1cccc(N(Cc2ccc(-c3ccc(N(C)C)cc3)cc2)C(=O)C(C)C)c1. The van der Waals surface area contributed by atoms with Crippen LogP contribution in [0.3, 0.4) is 0 Å². The summed E-state index contributed by atoms with van der Waals surface area (Å²) in [6, 6.07) is 24.3. The first-order chi connectivity index (χ1) is 16.3. The molecule has 1 amide bonds. The van der Waals surface area contributed by atoms with Crippen molar-refractivity contribution < 1.29 is 14.3 Å². The van der Waals surface area contributed by atoms with Gasteiger partial charge in [-0.1, -0.05) is 62.4 Å². The van der Waals surface area contributed by atoms with E-state index >= 15 is 0 Å². The maximum Gasteiger partial charge on any atom is 0.330 e. The first-order valence-corrected chi connectivity index (χ1v) is 11.3. The van der Waals surface area contributed by atoms with Crippen molar-refractivity contribution >= 4 is 29.3 Å². The first kappa shape index (κ1) is 24.8. The second-order valence-electron chi connectivity index (χ2n) is 8.67. The van der Waals surface area contributed by atoms with Crippen LogP contribution in [0.25, 0.3) is 17.2 Å². The summed E-state index contributed by atoms with van der Waals surface area (Å²) in [4.78, 5) is 28.4. The topological polar surface area (TPSA) is 49.9 Å². The van der Waals surface area contributed by atoms with Crippen LogP contribution in [-0.2, 0) is 20.9 Å². The summed E-state index contributed by atoms with van der Waals surface area (Å²) in [5.41, 5.74) is 6.09. The number of amides is 1. The molecule has 5 heteroatoms. The number of nitrogens with zero attached hydrogens (tertiary/aromatic N) is 2. The Hall–Kier alpha value is -3.86. The molecule has 3 aromatic rings. The van der Waals surface area contributed by atoms with Crippen molar-refractivity contribution in [1.29, 1.82) is 0 Å². The Morgan fingerprint density at radius 3 is 2.06 bits per heavy atom. The highest BCUT2D eigenvalue weighted by molar-refractivity contribution is 5.95. The van der Waals surface area contributed by atoms with Gasteiger partial charge in [0.1, 0.15) is 0 Å². The molecular weight excluding hydrogens is 424 g/mol. The molecule has 0 spiro atoms. The van der Waals surface area contributed by atoms with E-state index in [1.165, 1.54) is 13.2 Å². The fourth-order valence-corrected chi connectivity index (χ4v) is 3.57. The molecule has 0 aliphatic heterocycles. The van der Waals surface area contributed by atoms with Gasteiger partial charge in [-0.2, -0.15) is 0 Å². The van der Waals surface area contributed by atoms with Gasteiger partial charge in [0.05, 0.1) is 13.7 Å². The first-order valence-electron chi connectivity index (χ1n) is 11.3. The second kappa shape index (κ2) is 11.3. The Morgan fingerprint density at radius 2 is 1.50 bits per heavy atom. The van der Waals surface area contributed by atoms with Gasteiger partial charge in [-0.15, -0.1) is 0 Å². The van der Waals surface area contributed by atoms with Crippen LogP contribution in [0.1, 0.15) is 25.0 Å². The summed E-state index contributed by atoms with van der Waals surface area (Å²) in [6.07, 6.45) is 3.06. The molecule has 0 unspecified atom stereocenters. The van der Waals surface area contributed by atoms with E-state index in [-0.39, 0.29) is 11.8 Å². The average Bonchev–Trinajstić information content (AvgIpc) is 2.86. The number of methoxy groups -OCH3 is 1. The van der Waals surface area contributed by atoms with Gasteiger partial charge in [-0.25, -0.2) is 4.79 Å². The number of carbonyl (C=O) groups is 2. The van der Waals surface area contributed by atoms with E-state index in [0.717, 1.165) is 33.6 Å².